The monoisotopic (exact) mass is 287 g/mol. The first-order chi connectivity index (χ1) is 9.28. The van der Waals surface area contributed by atoms with Gasteiger partial charge in [0.05, 0.1) is 0 Å². The van der Waals surface area contributed by atoms with E-state index in [4.69, 9.17) is 0 Å². The van der Waals surface area contributed by atoms with Crippen LogP contribution in [-0.4, -0.2) is 12.9 Å². The first kappa shape index (κ1) is 15.0. The normalized spacial score (nSPS) is 21.8. The predicted octanol–water partition coefficient (Wildman–Crippen LogP) is 4.70. The van der Waals surface area contributed by atoms with Crippen molar-refractivity contribution in [1.82, 2.24) is 0 Å². The van der Waals surface area contributed by atoms with E-state index < -0.39 is 6.36 Å². The highest BCUT2D eigenvalue weighted by atomic mass is 19.4. The molecule has 2 nitrogen and oxygen atoms in total. The van der Waals surface area contributed by atoms with E-state index >= 15 is 0 Å². The van der Waals surface area contributed by atoms with Crippen molar-refractivity contribution in [1.29, 1.82) is 0 Å². The highest BCUT2D eigenvalue weighted by Gasteiger charge is 2.41. The Morgan fingerprint density at radius 1 is 1.35 bits per heavy atom. The Morgan fingerprint density at radius 2 is 2.05 bits per heavy atom. The second-order valence-electron chi connectivity index (χ2n) is 5.67. The standard InChI is InChI=1S/C15H20F3NO/c1-4-7-14(10(2)3)9-19-13-6-5-11(8-12(13)14)20-15(16,17)18/h5-6,8,10,19H,4,7,9H2,1-3H3. The maximum absolute atomic E-state index is 12.4. The minimum absolute atomic E-state index is 0.116. The number of anilines is 1. The topological polar surface area (TPSA) is 21.3 Å². The van der Waals surface area contributed by atoms with Gasteiger partial charge >= 0.3 is 6.36 Å². The summed E-state index contributed by atoms with van der Waals surface area (Å²) in [5.74, 6) is 0.207. The van der Waals surface area contributed by atoms with Crippen LogP contribution in [0.5, 0.6) is 5.75 Å². The van der Waals surface area contributed by atoms with Gasteiger partial charge in [-0.05, 0) is 36.1 Å². The van der Waals surface area contributed by atoms with E-state index in [1.165, 1.54) is 6.07 Å². The Labute approximate surface area is 117 Å². The van der Waals surface area contributed by atoms with Gasteiger partial charge in [-0.3, -0.25) is 0 Å². The Kier molecular flexibility index (Phi) is 3.89. The van der Waals surface area contributed by atoms with E-state index in [1.807, 2.05) is 0 Å². The van der Waals surface area contributed by atoms with Crippen LogP contribution >= 0.6 is 0 Å². The number of fused-ring (bicyclic) bond motifs is 1. The average Bonchev–Trinajstić information content (AvgIpc) is 2.68. The minimum atomic E-state index is -4.65. The zero-order valence-corrected chi connectivity index (χ0v) is 12.0. The van der Waals surface area contributed by atoms with E-state index in [-0.39, 0.29) is 11.2 Å². The van der Waals surface area contributed by atoms with Gasteiger partial charge in [0.15, 0.2) is 0 Å². The van der Waals surface area contributed by atoms with Crippen molar-refractivity contribution in [3.8, 4) is 5.75 Å². The molecule has 0 fully saturated rings. The SMILES string of the molecule is CCCC1(C(C)C)CNc2ccc(OC(F)(F)F)cc21. The first-order valence-corrected chi connectivity index (χ1v) is 6.92. The summed E-state index contributed by atoms with van der Waals surface area (Å²) in [5, 5.41) is 3.31. The zero-order chi connectivity index (χ0) is 15.0. The highest BCUT2D eigenvalue weighted by Crippen LogP contribution is 2.46. The molecule has 2 rings (SSSR count). The maximum atomic E-state index is 12.4. The number of halogens is 3. The number of benzene rings is 1. The molecule has 1 aromatic rings. The number of hydrogen-bond donors (Lipinski definition) is 1. The van der Waals surface area contributed by atoms with Crippen molar-refractivity contribution in [3.05, 3.63) is 23.8 Å². The van der Waals surface area contributed by atoms with Gasteiger partial charge in [0.2, 0.25) is 0 Å². The lowest BCUT2D eigenvalue weighted by atomic mass is 9.70. The van der Waals surface area contributed by atoms with Gasteiger partial charge in [-0.1, -0.05) is 27.2 Å². The molecule has 0 bridgehead atoms. The summed E-state index contributed by atoms with van der Waals surface area (Å²) in [6.45, 7) is 7.09. The fourth-order valence-electron chi connectivity index (χ4n) is 3.11. The van der Waals surface area contributed by atoms with Crippen molar-refractivity contribution >= 4 is 5.69 Å². The van der Waals surface area contributed by atoms with Crippen molar-refractivity contribution in [2.24, 2.45) is 5.92 Å². The first-order valence-electron chi connectivity index (χ1n) is 6.92. The summed E-state index contributed by atoms with van der Waals surface area (Å²) in [4.78, 5) is 0. The van der Waals surface area contributed by atoms with E-state index in [1.54, 1.807) is 12.1 Å². The molecule has 1 aliphatic heterocycles. The van der Waals surface area contributed by atoms with Gasteiger partial charge in [0, 0.05) is 17.6 Å². The molecule has 0 aliphatic carbocycles. The molecule has 1 aliphatic rings. The van der Waals surface area contributed by atoms with Crippen LogP contribution in [0.3, 0.4) is 0 Å². The lowest BCUT2D eigenvalue weighted by Crippen LogP contribution is -2.34. The van der Waals surface area contributed by atoms with Crippen LogP contribution in [0, 0.1) is 5.92 Å². The van der Waals surface area contributed by atoms with Gasteiger partial charge in [-0.2, -0.15) is 0 Å². The van der Waals surface area contributed by atoms with Gasteiger partial charge in [-0.25, -0.2) is 0 Å². The summed E-state index contributed by atoms with van der Waals surface area (Å²) in [5.41, 5.74) is 1.74. The van der Waals surface area contributed by atoms with Crippen LogP contribution in [0.25, 0.3) is 0 Å². The van der Waals surface area contributed by atoms with Crippen LogP contribution in [0.2, 0.25) is 0 Å². The summed E-state index contributed by atoms with van der Waals surface area (Å²) in [6.07, 6.45) is -2.71. The molecule has 0 amide bonds. The van der Waals surface area contributed by atoms with Crippen LogP contribution in [-0.2, 0) is 5.41 Å². The Balaban J connectivity index is 2.40. The molecule has 0 saturated carbocycles. The third-order valence-corrected chi connectivity index (χ3v) is 4.16. The van der Waals surface area contributed by atoms with Crippen molar-refractivity contribution in [2.75, 3.05) is 11.9 Å². The lowest BCUT2D eigenvalue weighted by Gasteiger charge is -2.33. The molecule has 5 heteroatoms. The highest BCUT2D eigenvalue weighted by molar-refractivity contribution is 5.62. The molecule has 0 aromatic heterocycles. The Morgan fingerprint density at radius 3 is 2.60 bits per heavy atom. The van der Waals surface area contributed by atoms with Gasteiger partial charge in [0.25, 0.3) is 0 Å². The van der Waals surface area contributed by atoms with Crippen molar-refractivity contribution < 1.29 is 17.9 Å². The number of nitrogens with one attached hydrogen (secondary N) is 1. The largest absolute Gasteiger partial charge is 0.573 e. The van der Waals surface area contributed by atoms with Crippen LogP contribution in [0.4, 0.5) is 18.9 Å². The fourth-order valence-corrected chi connectivity index (χ4v) is 3.11. The van der Waals surface area contributed by atoms with Crippen LogP contribution in [0.15, 0.2) is 18.2 Å². The van der Waals surface area contributed by atoms with E-state index in [0.29, 0.717) is 5.92 Å². The van der Waals surface area contributed by atoms with Gasteiger partial charge in [0.1, 0.15) is 5.75 Å². The number of rotatable bonds is 4. The van der Waals surface area contributed by atoms with Crippen LogP contribution in [0.1, 0.15) is 39.2 Å². The second-order valence-corrected chi connectivity index (χ2v) is 5.67. The smallest absolute Gasteiger partial charge is 0.406 e. The summed E-state index contributed by atoms with van der Waals surface area (Å²) in [7, 11) is 0. The van der Waals surface area contributed by atoms with Crippen LogP contribution < -0.4 is 10.1 Å². The Hall–Kier alpha value is -1.39. The molecule has 0 radical (unpaired) electrons. The molecule has 0 spiro atoms. The fraction of sp³-hybridized carbons (Fsp3) is 0.600. The van der Waals surface area contributed by atoms with E-state index in [0.717, 1.165) is 30.6 Å². The summed E-state index contributed by atoms with van der Waals surface area (Å²) >= 11 is 0. The summed E-state index contributed by atoms with van der Waals surface area (Å²) in [6, 6.07) is 4.58. The molecule has 0 saturated heterocycles. The van der Waals surface area contributed by atoms with Gasteiger partial charge in [-0.15, -0.1) is 13.2 Å². The molecule has 112 valence electrons. The molecule has 1 heterocycles. The number of ether oxygens (including phenoxy) is 1. The van der Waals surface area contributed by atoms with Gasteiger partial charge < -0.3 is 10.1 Å². The third-order valence-electron chi connectivity index (χ3n) is 4.16. The lowest BCUT2D eigenvalue weighted by molar-refractivity contribution is -0.274. The second kappa shape index (κ2) is 5.19. The zero-order valence-electron chi connectivity index (χ0n) is 12.0. The van der Waals surface area contributed by atoms with E-state index in [2.05, 4.69) is 30.8 Å². The molecule has 20 heavy (non-hydrogen) atoms. The molecule has 1 atom stereocenters. The molecule has 1 N–H and O–H groups in total. The number of hydrogen-bond acceptors (Lipinski definition) is 2. The maximum Gasteiger partial charge on any atom is 0.573 e. The molecule has 1 aromatic carbocycles. The Bertz CT molecular complexity index is 480. The number of alkyl halides is 3. The van der Waals surface area contributed by atoms with E-state index in [9.17, 15) is 13.2 Å². The summed E-state index contributed by atoms with van der Waals surface area (Å²) < 4.78 is 41.1. The minimum Gasteiger partial charge on any atom is -0.406 e. The van der Waals surface area contributed by atoms with Crippen molar-refractivity contribution in [2.45, 2.75) is 45.4 Å². The third kappa shape index (κ3) is 2.72. The quantitative estimate of drug-likeness (QED) is 0.866. The molecular formula is C15H20F3NO. The predicted molar refractivity (Wildman–Crippen MR) is 73.0 cm³/mol. The molecular weight excluding hydrogens is 267 g/mol. The molecule has 1 unspecified atom stereocenters. The average molecular weight is 287 g/mol. The van der Waals surface area contributed by atoms with Crippen molar-refractivity contribution in [3.63, 3.8) is 0 Å².